The molecule has 0 amide bonds. The van der Waals surface area contributed by atoms with E-state index in [1.807, 2.05) is 31.9 Å². The first kappa shape index (κ1) is 10.9. The van der Waals surface area contributed by atoms with E-state index < -0.39 is 0 Å². The Morgan fingerprint density at radius 1 is 1.56 bits per heavy atom. The fourth-order valence-corrected chi connectivity index (χ4v) is 1.87. The molecule has 0 fully saturated rings. The number of hydrogen-bond acceptors (Lipinski definition) is 3. The van der Waals surface area contributed by atoms with Crippen molar-refractivity contribution in [2.75, 3.05) is 7.05 Å². The van der Waals surface area contributed by atoms with Crippen molar-refractivity contribution in [1.29, 1.82) is 0 Å². The van der Waals surface area contributed by atoms with Crippen LogP contribution in [0.1, 0.15) is 23.3 Å². The monoisotopic (exact) mass is 219 g/mol. The van der Waals surface area contributed by atoms with Crippen molar-refractivity contribution in [2.45, 2.75) is 19.4 Å². The van der Waals surface area contributed by atoms with E-state index in [0.717, 1.165) is 17.9 Å². The largest absolute Gasteiger partial charge is 0.347 e. The molecule has 0 radical (unpaired) electrons. The maximum atomic E-state index is 4.34. The molecule has 2 aromatic heterocycles. The second-order valence-corrected chi connectivity index (χ2v) is 3.92. The van der Waals surface area contributed by atoms with Crippen LogP contribution in [0.5, 0.6) is 0 Å². The lowest BCUT2D eigenvalue weighted by atomic mass is 10.1. The van der Waals surface area contributed by atoms with E-state index in [1.54, 1.807) is 6.20 Å². The van der Waals surface area contributed by atoms with E-state index >= 15 is 0 Å². The van der Waals surface area contributed by atoms with Crippen LogP contribution in [-0.4, -0.2) is 26.8 Å². The summed E-state index contributed by atoms with van der Waals surface area (Å²) in [4.78, 5) is 7.40. The normalized spacial score (nSPS) is 12.9. The van der Waals surface area contributed by atoms with Gasteiger partial charge in [-0.05, 0) is 20.0 Å². The summed E-state index contributed by atoms with van der Waals surface area (Å²) in [6.07, 6.45) is 4.49. The average molecular weight is 219 g/mol. The van der Waals surface area contributed by atoms with E-state index in [-0.39, 0.29) is 6.04 Å². The molecule has 2 N–H and O–H groups in total. The van der Waals surface area contributed by atoms with E-state index in [1.165, 1.54) is 5.69 Å². The van der Waals surface area contributed by atoms with Gasteiger partial charge in [-0.25, -0.2) is 4.98 Å². The predicted molar refractivity (Wildman–Crippen MR) is 62.0 cm³/mol. The maximum absolute atomic E-state index is 4.34. The molecule has 5 nitrogen and oxygen atoms in total. The number of nitrogens with zero attached hydrogens (tertiary/aromatic N) is 3. The number of likely N-dealkylation sites (N-methyl/N-ethyl adjacent to an activating group) is 1. The standard InChI is InChI=1S/C11H17N5/c1-8-6-9(16(3)15-8)7-10(12-2)11-13-4-5-14-11/h4-6,10,12H,7H2,1-3H3,(H,13,14). The van der Waals surface area contributed by atoms with Gasteiger partial charge in [-0.2, -0.15) is 5.10 Å². The van der Waals surface area contributed by atoms with Gasteiger partial charge in [0.05, 0.1) is 11.7 Å². The van der Waals surface area contributed by atoms with Crippen LogP contribution in [0.4, 0.5) is 0 Å². The van der Waals surface area contributed by atoms with Crippen molar-refractivity contribution < 1.29 is 0 Å². The number of nitrogens with one attached hydrogen (secondary N) is 2. The molecule has 0 aliphatic heterocycles. The van der Waals surface area contributed by atoms with Crippen LogP contribution in [0, 0.1) is 6.92 Å². The summed E-state index contributed by atoms with van der Waals surface area (Å²) >= 11 is 0. The van der Waals surface area contributed by atoms with Crippen molar-refractivity contribution in [3.05, 3.63) is 35.7 Å². The van der Waals surface area contributed by atoms with Gasteiger partial charge in [0.2, 0.25) is 0 Å². The number of aromatic nitrogens is 4. The lowest BCUT2D eigenvalue weighted by Crippen LogP contribution is -2.21. The number of rotatable bonds is 4. The molecule has 1 unspecified atom stereocenters. The van der Waals surface area contributed by atoms with Crippen LogP contribution in [0.2, 0.25) is 0 Å². The third-order valence-corrected chi connectivity index (χ3v) is 2.71. The molecule has 5 heteroatoms. The Labute approximate surface area is 94.9 Å². The van der Waals surface area contributed by atoms with Gasteiger partial charge in [0.25, 0.3) is 0 Å². The highest BCUT2D eigenvalue weighted by molar-refractivity contribution is 5.12. The zero-order valence-electron chi connectivity index (χ0n) is 9.86. The maximum Gasteiger partial charge on any atom is 0.123 e. The summed E-state index contributed by atoms with van der Waals surface area (Å²) in [6.45, 7) is 2.00. The molecule has 1 atom stereocenters. The molecule has 86 valence electrons. The highest BCUT2D eigenvalue weighted by Crippen LogP contribution is 2.14. The first-order valence-corrected chi connectivity index (χ1v) is 5.36. The van der Waals surface area contributed by atoms with Crippen LogP contribution < -0.4 is 5.32 Å². The molecular weight excluding hydrogens is 202 g/mol. The Morgan fingerprint density at radius 3 is 2.88 bits per heavy atom. The van der Waals surface area contributed by atoms with E-state index in [2.05, 4.69) is 26.4 Å². The van der Waals surface area contributed by atoms with Crippen LogP contribution in [0.3, 0.4) is 0 Å². The van der Waals surface area contributed by atoms with Crippen molar-refractivity contribution in [3.8, 4) is 0 Å². The molecule has 2 heterocycles. The van der Waals surface area contributed by atoms with Gasteiger partial charge in [0.15, 0.2) is 0 Å². The Morgan fingerprint density at radius 2 is 2.38 bits per heavy atom. The minimum atomic E-state index is 0.199. The highest BCUT2D eigenvalue weighted by atomic mass is 15.3. The predicted octanol–water partition coefficient (Wildman–Crippen LogP) is 0.955. The van der Waals surface area contributed by atoms with Gasteiger partial charge in [0, 0.05) is 31.6 Å². The summed E-state index contributed by atoms with van der Waals surface area (Å²) in [7, 11) is 3.91. The summed E-state index contributed by atoms with van der Waals surface area (Å²) in [5.41, 5.74) is 2.25. The van der Waals surface area contributed by atoms with Gasteiger partial charge in [-0.15, -0.1) is 0 Å². The molecule has 0 saturated heterocycles. The van der Waals surface area contributed by atoms with Gasteiger partial charge >= 0.3 is 0 Å². The molecule has 0 aliphatic rings. The molecule has 0 aliphatic carbocycles. The smallest absolute Gasteiger partial charge is 0.123 e. The molecule has 0 bridgehead atoms. The number of H-pyrrole nitrogens is 1. The summed E-state index contributed by atoms with van der Waals surface area (Å²) in [6, 6.07) is 2.30. The van der Waals surface area contributed by atoms with Crippen LogP contribution in [0.25, 0.3) is 0 Å². The molecule has 16 heavy (non-hydrogen) atoms. The number of aromatic amines is 1. The topological polar surface area (TPSA) is 58.5 Å². The molecule has 2 aromatic rings. The molecule has 0 saturated carbocycles. The first-order chi connectivity index (χ1) is 7.70. The van der Waals surface area contributed by atoms with E-state index in [0.29, 0.717) is 0 Å². The van der Waals surface area contributed by atoms with E-state index in [4.69, 9.17) is 0 Å². The minimum Gasteiger partial charge on any atom is -0.347 e. The second kappa shape index (κ2) is 4.49. The third kappa shape index (κ3) is 2.14. The number of aryl methyl sites for hydroxylation is 2. The van der Waals surface area contributed by atoms with Crippen LogP contribution in [0.15, 0.2) is 18.5 Å². The lowest BCUT2D eigenvalue weighted by molar-refractivity contribution is 0.538. The van der Waals surface area contributed by atoms with Gasteiger partial charge < -0.3 is 10.3 Å². The van der Waals surface area contributed by atoms with Gasteiger partial charge in [0.1, 0.15) is 5.82 Å². The van der Waals surface area contributed by atoms with Crippen LogP contribution >= 0.6 is 0 Å². The Balaban J connectivity index is 2.16. The fraction of sp³-hybridized carbons (Fsp3) is 0.455. The van der Waals surface area contributed by atoms with Crippen molar-refractivity contribution in [2.24, 2.45) is 7.05 Å². The highest BCUT2D eigenvalue weighted by Gasteiger charge is 2.14. The van der Waals surface area contributed by atoms with Crippen LogP contribution in [-0.2, 0) is 13.5 Å². The fourth-order valence-electron chi connectivity index (χ4n) is 1.87. The Hall–Kier alpha value is -1.62. The van der Waals surface area contributed by atoms with Gasteiger partial charge in [-0.3, -0.25) is 4.68 Å². The molecule has 0 aromatic carbocycles. The zero-order chi connectivity index (χ0) is 11.5. The summed E-state index contributed by atoms with van der Waals surface area (Å²) < 4.78 is 1.92. The van der Waals surface area contributed by atoms with Crippen molar-refractivity contribution >= 4 is 0 Å². The Bertz CT molecular complexity index is 443. The van der Waals surface area contributed by atoms with Crippen molar-refractivity contribution in [3.63, 3.8) is 0 Å². The quantitative estimate of drug-likeness (QED) is 0.805. The number of imidazole rings is 1. The lowest BCUT2D eigenvalue weighted by Gasteiger charge is -2.13. The zero-order valence-corrected chi connectivity index (χ0v) is 9.86. The molecule has 2 rings (SSSR count). The SMILES string of the molecule is CNC(Cc1cc(C)nn1C)c1ncc[nH]1. The van der Waals surface area contributed by atoms with E-state index in [9.17, 15) is 0 Å². The average Bonchev–Trinajstić information content (AvgIpc) is 2.85. The Kier molecular flexibility index (Phi) is 3.05. The summed E-state index contributed by atoms with van der Waals surface area (Å²) in [5.74, 6) is 0.960. The first-order valence-electron chi connectivity index (χ1n) is 5.36. The van der Waals surface area contributed by atoms with Crippen molar-refractivity contribution in [1.82, 2.24) is 25.1 Å². The molecular formula is C11H17N5. The summed E-state index contributed by atoms with van der Waals surface area (Å²) in [5, 5.41) is 7.59. The minimum absolute atomic E-state index is 0.199. The third-order valence-electron chi connectivity index (χ3n) is 2.71. The molecule has 0 spiro atoms. The van der Waals surface area contributed by atoms with Gasteiger partial charge in [-0.1, -0.05) is 0 Å². The number of hydrogen-bond donors (Lipinski definition) is 2. The second-order valence-electron chi connectivity index (χ2n) is 3.92.